The Morgan fingerprint density at radius 2 is 2.35 bits per heavy atom. The lowest BCUT2D eigenvalue weighted by Gasteiger charge is -1.94. The number of amides is 1. The fourth-order valence-corrected chi connectivity index (χ4v) is 1.15. The fourth-order valence-electron chi connectivity index (χ4n) is 1.15. The molecule has 0 saturated carbocycles. The number of aromatic nitrogens is 4. The number of halogens is 1. The second-order valence-corrected chi connectivity index (χ2v) is 3.11. The Hall–Kier alpha value is -2.57. The Morgan fingerprint density at radius 3 is 3.06 bits per heavy atom. The average molecular weight is 233 g/mol. The zero-order chi connectivity index (χ0) is 12.1. The van der Waals surface area contributed by atoms with Crippen molar-refractivity contribution in [2.24, 2.45) is 0 Å². The summed E-state index contributed by atoms with van der Waals surface area (Å²) in [4.78, 5) is 11.4. The number of tetrazole rings is 1. The molecule has 0 atom stereocenters. The van der Waals surface area contributed by atoms with Crippen molar-refractivity contribution in [1.29, 1.82) is 0 Å². The van der Waals surface area contributed by atoms with Crippen molar-refractivity contribution in [3.63, 3.8) is 0 Å². The zero-order valence-electron chi connectivity index (χ0n) is 8.59. The molecule has 0 radical (unpaired) electrons. The quantitative estimate of drug-likeness (QED) is 0.774. The number of nitrogens with one attached hydrogen (secondary N) is 2. The number of H-pyrrole nitrogens is 1. The van der Waals surface area contributed by atoms with E-state index in [2.05, 4.69) is 25.9 Å². The molecule has 0 aliphatic rings. The molecule has 0 spiro atoms. The third-order valence-corrected chi connectivity index (χ3v) is 1.86. The molecule has 2 aromatic rings. The number of hydrogen-bond donors (Lipinski definition) is 2. The van der Waals surface area contributed by atoms with Gasteiger partial charge in [-0.1, -0.05) is 17.2 Å². The topological polar surface area (TPSA) is 83.6 Å². The van der Waals surface area contributed by atoms with Crippen LogP contribution in [0, 0.1) is 5.82 Å². The van der Waals surface area contributed by atoms with Crippen LogP contribution in [0.15, 0.2) is 30.3 Å². The Labute approximate surface area is 95.5 Å². The molecule has 2 rings (SSSR count). The van der Waals surface area contributed by atoms with E-state index in [-0.39, 0.29) is 11.8 Å². The maximum atomic E-state index is 12.8. The number of rotatable bonds is 3. The van der Waals surface area contributed by atoms with E-state index < -0.39 is 5.91 Å². The van der Waals surface area contributed by atoms with Crippen LogP contribution < -0.4 is 5.32 Å². The Bertz CT molecular complexity index is 537. The molecule has 1 aromatic carbocycles. The van der Waals surface area contributed by atoms with Crippen LogP contribution in [0.1, 0.15) is 5.56 Å². The minimum Gasteiger partial charge on any atom is -0.288 e. The van der Waals surface area contributed by atoms with Crippen LogP contribution in [-0.4, -0.2) is 26.5 Å². The monoisotopic (exact) mass is 233 g/mol. The SMILES string of the molecule is O=C(/C=C/c1cccc(F)c1)Nc1nn[nH]n1. The van der Waals surface area contributed by atoms with Crippen molar-refractivity contribution in [2.75, 3.05) is 5.32 Å². The molecule has 0 fully saturated rings. The summed E-state index contributed by atoms with van der Waals surface area (Å²) in [5.74, 6) is -0.694. The van der Waals surface area contributed by atoms with Gasteiger partial charge < -0.3 is 0 Å². The number of benzene rings is 1. The molecule has 0 unspecified atom stereocenters. The first-order chi connectivity index (χ1) is 8.24. The summed E-state index contributed by atoms with van der Waals surface area (Å²) in [6.45, 7) is 0. The van der Waals surface area contributed by atoms with Crippen LogP contribution in [0.25, 0.3) is 6.08 Å². The van der Waals surface area contributed by atoms with E-state index in [0.29, 0.717) is 5.56 Å². The number of carbonyl (C=O) groups is 1. The molecule has 17 heavy (non-hydrogen) atoms. The largest absolute Gasteiger partial charge is 0.288 e. The molecular formula is C10H8FN5O. The summed E-state index contributed by atoms with van der Waals surface area (Å²) < 4.78 is 12.8. The van der Waals surface area contributed by atoms with E-state index in [4.69, 9.17) is 0 Å². The van der Waals surface area contributed by atoms with Crippen molar-refractivity contribution < 1.29 is 9.18 Å². The number of nitrogens with zero attached hydrogens (tertiary/aromatic N) is 3. The van der Waals surface area contributed by atoms with E-state index >= 15 is 0 Å². The smallest absolute Gasteiger partial charge is 0.270 e. The maximum absolute atomic E-state index is 12.8. The molecule has 2 N–H and O–H groups in total. The van der Waals surface area contributed by atoms with E-state index in [1.807, 2.05) is 0 Å². The van der Waals surface area contributed by atoms with Gasteiger partial charge >= 0.3 is 0 Å². The number of aromatic amines is 1. The lowest BCUT2D eigenvalue weighted by molar-refractivity contribution is -0.111. The van der Waals surface area contributed by atoms with Gasteiger partial charge in [-0.05, 0) is 29.0 Å². The number of anilines is 1. The van der Waals surface area contributed by atoms with Crippen molar-refractivity contribution in [3.05, 3.63) is 41.7 Å². The maximum Gasteiger partial charge on any atom is 0.270 e. The van der Waals surface area contributed by atoms with Gasteiger partial charge in [0.2, 0.25) is 0 Å². The molecule has 0 bridgehead atoms. The lowest BCUT2D eigenvalue weighted by Crippen LogP contribution is -2.09. The zero-order valence-corrected chi connectivity index (χ0v) is 8.59. The highest BCUT2D eigenvalue weighted by Crippen LogP contribution is 2.05. The highest BCUT2D eigenvalue weighted by atomic mass is 19.1. The van der Waals surface area contributed by atoms with Gasteiger partial charge in [0.15, 0.2) is 0 Å². The van der Waals surface area contributed by atoms with E-state index in [0.717, 1.165) is 0 Å². The van der Waals surface area contributed by atoms with E-state index in [9.17, 15) is 9.18 Å². The molecule has 0 aliphatic heterocycles. The van der Waals surface area contributed by atoms with Crippen LogP contribution in [0.2, 0.25) is 0 Å². The molecule has 1 heterocycles. The van der Waals surface area contributed by atoms with Gasteiger partial charge in [-0.3, -0.25) is 10.1 Å². The van der Waals surface area contributed by atoms with Crippen molar-refractivity contribution in [3.8, 4) is 0 Å². The molecule has 0 saturated heterocycles. The number of carbonyl (C=O) groups excluding carboxylic acids is 1. The molecule has 7 heteroatoms. The predicted molar refractivity (Wildman–Crippen MR) is 58.2 cm³/mol. The third-order valence-electron chi connectivity index (χ3n) is 1.86. The van der Waals surface area contributed by atoms with Gasteiger partial charge in [0.05, 0.1) is 0 Å². The fraction of sp³-hybridized carbons (Fsp3) is 0. The molecule has 6 nitrogen and oxygen atoms in total. The van der Waals surface area contributed by atoms with Crippen LogP contribution in [0.3, 0.4) is 0 Å². The standard InChI is InChI=1S/C10H8FN5O/c11-8-3-1-2-7(6-8)4-5-9(17)12-10-13-15-16-14-10/h1-6H,(H2,12,13,14,15,16,17)/b5-4+. The van der Waals surface area contributed by atoms with Crippen molar-refractivity contribution >= 4 is 17.9 Å². The van der Waals surface area contributed by atoms with Gasteiger partial charge in [0.25, 0.3) is 11.9 Å². The second-order valence-electron chi connectivity index (χ2n) is 3.11. The lowest BCUT2D eigenvalue weighted by atomic mass is 10.2. The first-order valence-corrected chi connectivity index (χ1v) is 4.72. The Balaban J connectivity index is 1.99. The number of hydrogen-bond acceptors (Lipinski definition) is 4. The van der Waals surface area contributed by atoms with Crippen molar-refractivity contribution in [2.45, 2.75) is 0 Å². The van der Waals surface area contributed by atoms with Gasteiger partial charge in [-0.15, -0.1) is 5.10 Å². The molecular weight excluding hydrogens is 225 g/mol. The summed E-state index contributed by atoms with van der Waals surface area (Å²) in [5, 5.41) is 15.0. The highest BCUT2D eigenvalue weighted by molar-refractivity contribution is 6.00. The van der Waals surface area contributed by atoms with Crippen LogP contribution >= 0.6 is 0 Å². The van der Waals surface area contributed by atoms with Crippen LogP contribution in [0.4, 0.5) is 10.3 Å². The van der Waals surface area contributed by atoms with Crippen LogP contribution in [-0.2, 0) is 4.79 Å². The Morgan fingerprint density at radius 1 is 1.47 bits per heavy atom. The van der Waals surface area contributed by atoms with Gasteiger partial charge in [0.1, 0.15) is 5.82 Å². The summed E-state index contributed by atoms with van der Waals surface area (Å²) >= 11 is 0. The first-order valence-electron chi connectivity index (χ1n) is 4.72. The normalized spacial score (nSPS) is 10.6. The van der Waals surface area contributed by atoms with Crippen molar-refractivity contribution in [1.82, 2.24) is 20.6 Å². The van der Waals surface area contributed by atoms with Gasteiger partial charge in [-0.2, -0.15) is 5.21 Å². The minimum absolute atomic E-state index is 0.0823. The molecule has 0 aliphatic carbocycles. The second kappa shape index (κ2) is 4.97. The Kier molecular flexibility index (Phi) is 3.20. The third kappa shape index (κ3) is 3.20. The summed E-state index contributed by atoms with van der Waals surface area (Å²) in [5.41, 5.74) is 0.591. The molecule has 1 amide bonds. The molecule has 86 valence electrons. The van der Waals surface area contributed by atoms with E-state index in [1.54, 1.807) is 12.1 Å². The van der Waals surface area contributed by atoms with Gasteiger partial charge in [-0.25, -0.2) is 4.39 Å². The minimum atomic E-state index is -0.421. The predicted octanol–water partition coefficient (Wildman–Crippen LogP) is 0.991. The molecule has 1 aromatic heterocycles. The highest BCUT2D eigenvalue weighted by Gasteiger charge is 2.00. The van der Waals surface area contributed by atoms with Gasteiger partial charge in [0, 0.05) is 6.08 Å². The summed E-state index contributed by atoms with van der Waals surface area (Å²) in [6, 6.07) is 5.89. The van der Waals surface area contributed by atoms with Crippen LogP contribution in [0.5, 0.6) is 0 Å². The summed E-state index contributed by atoms with van der Waals surface area (Å²) in [7, 11) is 0. The summed E-state index contributed by atoms with van der Waals surface area (Å²) in [6.07, 6.45) is 2.74. The average Bonchev–Trinajstić information content (AvgIpc) is 2.79. The van der Waals surface area contributed by atoms with E-state index in [1.165, 1.54) is 24.3 Å². The first kappa shape index (κ1) is 10.9.